The summed E-state index contributed by atoms with van der Waals surface area (Å²) in [5.74, 6) is 0.448. The Hall–Kier alpha value is -2.57. The topological polar surface area (TPSA) is 99.8 Å². The van der Waals surface area contributed by atoms with Crippen molar-refractivity contribution in [3.8, 4) is 0 Å². The number of aliphatic imine (C=N–C) groups is 1. The van der Waals surface area contributed by atoms with E-state index in [0.717, 1.165) is 10.6 Å². The molecular formula is C15H21N5O2. The lowest BCUT2D eigenvalue weighted by Gasteiger charge is -2.12. The highest BCUT2D eigenvalue weighted by atomic mass is 16.2. The summed E-state index contributed by atoms with van der Waals surface area (Å²) in [4.78, 5) is 28.0. The van der Waals surface area contributed by atoms with Gasteiger partial charge in [-0.05, 0) is 23.6 Å². The number of anilines is 1. The maximum atomic E-state index is 11.4. The molecule has 0 saturated carbocycles. The summed E-state index contributed by atoms with van der Waals surface area (Å²) in [7, 11) is 0. The highest BCUT2D eigenvalue weighted by Gasteiger charge is 2.27. The van der Waals surface area contributed by atoms with Crippen molar-refractivity contribution in [2.24, 2.45) is 10.7 Å². The molecule has 0 radical (unpaired) electrons. The number of carbonyl (C=O) groups excluding carboxylic acids is 2. The molecule has 3 amide bonds. The van der Waals surface area contributed by atoms with Crippen molar-refractivity contribution in [3.05, 3.63) is 29.8 Å². The molecule has 1 saturated heterocycles. The van der Waals surface area contributed by atoms with E-state index in [0.29, 0.717) is 5.92 Å². The van der Waals surface area contributed by atoms with Gasteiger partial charge in [0, 0.05) is 5.69 Å². The van der Waals surface area contributed by atoms with Crippen LogP contribution in [0.4, 0.5) is 10.5 Å². The normalized spacial score (nSPS) is 15.4. The number of benzene rings is 1. The summed E-state index contributed by atoms with van der Waals surface area (Å²) in [5.41, 5.74) is 7.89. The molecule has 1 fully saturated rings. The second-order valence-electron chi connectivity index (χ2n) is 5.38. The number of nitrogens with zero attached hydrogens (tertiary/aromatic N) is 2. The molecule has 0 spiro atoms. The van der Waals surface area contributed by atoms with Gasteiger partial charge in [-0.3, -0.25) is 14.7 Å². The Kier molecular flexibility index (Phi) is 4.98. The van der Waals surface area contributed by atoms with Crippen molar-refractivity contribution in [3.63, 3.8) is 0 Å². The zero-order valence-electron chi connectivity index (χ0n) is 12.8. The molecule has 1 aliphatic rings. The summed E-state index contributed by atoms with van der Waals surface area (Å²) in [5, 5.41) is 5.46. The van der Waals surface area contributed by atoms with Crippen LogP contribution in [0, 0.1) is 0 Å². The van der Waals surface area contributed by atoms with E-state index in [9.17, 15) is 9.59 Å². The van der Waals surface area contributed by atoms with Crippen LogP contribution in [0.5, 0.6) is 0 Å². The van der Waals surface area contributed by atoms with Crippen molar-refractivity contribution < 1.29 is 9.59 Å². The molecule has 2 rings (SSSR count). The molecule has 0 unspecified atom stereocenters. The number of urea groups is 1. The first-order valence-electron chi connectivity index (χ1n) is 7.22. The average molecular weight is 303 g/mol. The smallest absolute Gasteiger partial charge is 0.324 e. The number of nitrogens with one attached hydrogen (secondary N) is 2. The van der Waals surface area contributed by atoms with Gasteiger partial charge in [0.1, 0.15) is 0 Å². The van der Waals surface area contributed by atoms with E-state index in [1.54, 1.807) is 0 Å². The van der Waals surface area contributed by atoms with E-state index in [1.807, 2.05) is 18.2 Å². The van der Waals surface area contributed by atoms with Crippen LogP contribution in [0.3, 0.4) is 0 Å². The Balaban J connectivity index is 1.89. The minimum Gasteiger partial charge on any atom is -0.370 e. The summed E-state index contributed by atoms with van der Waals surface area (Å²) in [6.45, 7) is 4.78. The van der Waals surface area contributed by atoms with Gasteiger partial charge in [0.15, 0.2) is 5.96 Å². The molecule has 7 nitrogen and oxygen atoms in total. The van der Waals surface area contributed by atoms with Crippen LogP contribution in [0.1, 0.15) is 25.3 Å². The molecule has 118 valence electrons. The third-order valence-corrected chi connectivity index (χ3v) is 3.37. The van der Waals surface area contributed by atoms with Gasteiger partial charge in [-0.25, -0.2) is 4.79 Å². The van der Waals surface area contributed by atoms with Gasteiger partial charge in [0.05, 0.1) is 19.6 Å². The highest BCUT2D eigenvalue weighted by molar-refractivity contribution is 6.02. The fourth-order valence-electron chi connectivity index (χ4n) is 2.11. The van der Waals surface area contributed by atoms with E-state index < -0.39 is 0 Å². The minimum atomic E-state index is -0.378. The van der Waals surface area contributed by atoms with E-state index >= 15 is 0 Å². The van der Waals surface area contributed by atoms with E-state index in [2.05, 4.69) is 35.5 Å². The number of amides is 3. The highest BCUT2D eigenvalue weighted by Crippen LogP contribution is 2.18. The maximum absolute atomic E-state index is 11.4. The Bertz CT molecular complexity index is 581. The van der Waals surface area contributed by atoms with E-state index in [-0.39, 0.29) is 37.5 Å². The number of guanidine groups is 1. The zero-order chi connectivity index (χ0) is 16.1. The first-order valence-corrected chi connectivity index (χ1v) is 7.22. The van der Waals surface area contributed by atoms with Crippen molar-refractivity contribution in [1.29, 1.82) is 0 Å². The van der Waals surface area contributed by atoms with Crippen molar-refractivity contribution in [2.75, 3.05) is 25.0 Å². The predicted molar refractivity (Wildman–Crippen MR) is 85.8 cm³/mol. The monoisotopic (exact) mass is 303 g/mol. The van der Waals surface area contributed by atoms with Gasteiger partial charge in [-0.15, -0.1) is 0 Å². The molecule has 4 N–H and O–H groups in total. The Morgan fingerprint density at radius 1 is 1.45 bits per heavy atom. The number of carbonyl (C=O) groups is 2. The van der Waals surface area contributed by atoms with Crippen molar-refractivity contribution in [1.82, 2.24) is 10.2 Å². The van der Waals surface area contributed by atoms with Gasteiger partial charge in [-0.1, -0.05) is 26.0 Å². The van der Waals surface area contributed by atoms with Gasteiger partial charge in [0.25, 0.3) is 0 Å². The molecule has 1 aliphatic heterocycles. The first-order chi connectivity index (χ1) is 10.5. The molecule has 22 heavy (non-hydrogen) atoms. The molecule has 0 aliphatic carbocycles. The van der Waals surface area contributed by atoms with Gasteiger partial charge >= 0.3 is 6.03 Å². The first kappa shape index (κ1) is 15.8. The average Bonchev–Trinajstić information content (AvgIpc) is 2.79. The van der Waals surface area contributed by atoms with Crippen molar-refractivity contribution in [2.45, 2.75) is 19.8 Å². The molecule has 0 aromatic heterocycles. The van der Waals surface area contributed by atoms with Crippen LogP contribution in [0.15, 0.2) is 29.3 Å². The van der Waals surface area contributed by atoms with E-state index in [1.165, 1.54) is 5.56 Å². The molecule has 7 heteroatoms. The van der Waals surface area contributed by atoms with E-state index in [4.69, 9.17) is 5.73 Å². The Labute approximate surface area is 129 Å². The quantitative estimate of drug-likeness (QED) is 0.430. The predicted octanol–water partition coefficient (Wildman–Crippen LogP) is 1.09. The fourth-order valence-corrected chi connectivity index (χ4v) is 2.11. The summed E-state index contributed by atoms with van der Waals surface area (Å²) < 4.78 is 0. The van der Waals surface area contributed by atoms with Crippen LogP contribution in [0.25, 0.3) is 0 Å². The van der Waals surface area contributed by atoms with Crippen LogP contribution < -0.4 is 16.4 Å². The van der Waals surface area contributed by atoms with Crippen LogP contribution in [-0.2, 0) is 4.79 Å². The molecule has 0 atom stereocenters. The van der Waals surface area contributed by atoms with Crippen LogP contribution in [0.2, 0.25) is 0 Å². The summed E-state index contributed by atoms with van der Waals surface area (Å²) >= 11 is 0. The third-order valence-electron chi connectivity index (χ3n) is 3.37. The molecule has 1 aromatic carbocycles. The number of hydrogen-bond acceptors (Lipinski definition) is 3. The SMILES string of the molecule is CC(C)c1cccc(NC(N)=NCCN2C(=O)CNC2=O)c1. The lowest BCUT2D eigenvalue weighted by atomic mass is 10.0. The Morgan fingerprint density at radius 3 is 2.86 bits per heavy atom. The molecule has 1 aromatic rings. The maximum Gasteiger partial charge on any atom is 0.324 e. The molecule has 0 bridgehead atoms. The zero-order valence-corrected chi connectivity index (χ0v) is 12.8. The largest absolute Gasteiger partial charge is 0.370 e. The summed E-state index contributed by atoms with van der Waals surface area (Å²) in [6.07, 6.45) is 0. The standard InChI is InChI=1S/C15H21N5O2/c1-10(2)11-4-3-5-12(8-11)19-14(16)17-6-7-20-13(21)9-18-15(20)22/h3-5,8,10H,6-7,9H2,1-2H3,(H,18,22)(H3,16,17,19). The lowest BCUT2D eigenvalue weighted by molar-refractivity contribution is -0.124. The fraction of sp³-hybridized carbons (Fsp3) is 0.400. The lowest BCUT2D eigenvalue weighted by Crippen LogP contribution is -2.34. The summed E-state index contributed by atoms with van der Waals surface area (Å²) in [6, 6.07) is 7.56. The minimum absolute atomic E-state index is 0.0538. The van der Waals surface area contributed by atoms with Gasteiger partial charge in [0.2, 0.25) is 5.91 Å². The molecular weight excluding hydrogens is 282 g/mol. The van der Waals surface area contributed by atoms with Gasteiger partial charge in [-0.2, -0.15) is 0 Å². The second-order valence-corrected chi connectivity index (χ2v) is 5.38. The number of imide groups is 1. The van der Waals surface area contributed by atoms with Gasteiger partial charge < -0.3 is 16.4 Å². The number of rotatable bonds is 5. The van der Waals surface area contributed by atoms with Crippen LogP contribution >= 0.6 is 0 Å². The van der Waals surface area contributed by atoms with Crippen LogP contribution in [-0.4, -0.2) is 42.4 Å². The third kappa shape index (κ3) is 3.97. The number of hydrogen-bond donors (Lipinski definition) is 3. The Morgan fingerprint density at radius 2 is 2.23 bits per heavy atom. The molecule has 1 heterocycles. The number of nitrogens with two attached hydrogens (primary N) is 1. The van der Waals surface area contributed by atoms with Crippen molar-refractivity contribution >= 4 is 23.6 Å². The second kappa shape index (κ2) is 6.93.